The maximum absolute atomic E-state index is 5.88. The Bertz CT molecular complexity index is 410. The molecule has 0 aromatic carbocycles. The smallest absolute Gasteiger partial charge is 0.0139 e. The highest BCUT2D eigenvalue weighted by atomic mass is 15.1. The molecule has 0 spiro atoms. The summed E-state index contributed by atoms with van der Waals surface area (Å²) in [5.74, 6) is 0. The molecule has 5 atom stereocenters. The van der Waals surface area contributed by atoms with Gasteiger partial charge >= 0.3 is 0 Å². The summed E-state index contributed by atoms with van der Waals surface area (Å²) in [6.07, 6.45) is 11.6. The Labute approximate surface area is 225 Å². The highest BCUT2D eigenvalue weighted by Gasteiger charge is 2.10. The third kappa shape index (κ3) is 31.7. The molecule has 11 N–H and O–H groups in total. The van der Waals surface area contributed by atoms with Gasteiger partial charge in [-0.1, -0.05) is 45.4 Å². The molecule has 0 heterocycles. The second kappa shape index (κ2) is 26.3. The highest BCUT2D eigenvalue weighted by Crippen LogP contribution is 2.05. The van der Waals surface area contributed by atoms with Gasteiger partial charge in [0.05, 0.1) is 0 Å². The predicted octanol–water partition coefficient (Wildman–Crippen LogP) is 2.43. The molecule has 36 heavy (non-hydrogen) atoms. The van der Waals surface area contributed by atoms with Crippen LogP contribution in [0.3, 0.4) is 0 Å². The number of nitrogens with zero attached hydrogens (tertiary/aromatic N) is 2. The average Bonchev–Trinajstić information content (AvgIpc) is 2.73. The summed E-state index contributed by atoms with van der Waals surface area (Å²) in [6.45, 7) is 20.6. The molecule has 0 saturated heterocycles. The van der Waals surface area contributed by atoms with E-state index in [1.165, 1.54) is 57.8 Å². The van der Waals surface area contributed by atoms with Crippen LogP contribution in [0.5, 0.6) is 0 Å². The molecule has 0 aliphatic rings. The van der Waals surface area contributed by atoms with Gasteiger partial charge in [-0.25, -0.2) is 0 Å². The zero-order valence-electron chi connectivity index (χ0n) is 25.2. The van der Waals surface area contributed by atoms with Crippen molar-refractivity contribution in [3.63, 3.8) is 0 Å². The summed E-state index contributed by atoms with van der Waals surface area (Å²) in [5.41, 5.74) is 29.1. The van der Waals surface area contributed by atoms with Crippen molar-refractivity contribution in [1.29, 1.82) is 0 Å². The summed E-state index contributed by atoms with van der Waals surface area (Å²) in [6, 6.07) is 1.18. The first-order valence-corrected chi connectivity index (χ1v) is 14.9. The van der Waals surface area contributed by atoms with Crippen LogP contribution in [0.1, 0.15) is 99.3 Å². The molecule has 0 aromatic heterocycles. The standard InChI is InChI=1S/C15H37N5.C13H31N3/c1-13(16)10-19-8-6-4-5-7-9-20(11-14(2)17)12-15(3)18;1-4-5-6-7-8-9-16(10-12(2)14)11-13(3)15/h13-15,19H,4-12,16-18H2,1-3H3;12-13H,4-11,14-15H2,1-3H3. The lowest BCUT2D eigenvalue weighted by Gasteiger charge is -2.25. The van der Waals surface area contributed by atoms with Crippen molar-refractivity contribution in [3.05, 3.63) is 0 Å². The minimum Gasteiger partial charge on any atom is -0.327 e. The summed E-state index contributed by atoms with van der Waals surface area (Å²) >= 11 is 0. The first kappa shape index (κ1) is 37.8. The van der Waals surface area contributed by atoms with E-state index in [0.717, 1.165) is 52.4 Å². The molecule has 0 saturated carbocycles. The van der Waals surface area contributed by atoms with E-state index in [1.54, 1.807) is 0 Å². The number of hydrogen-bond acceptors (Lipinski definition) is 8. The Morgan fingerprint density at radius 3 is 1.19 bits per heavy atom. The monoisotopic (exact) mass is 517 g/mol. The Morgan fingerprint density at radius 1 is 0.500 bits per heavy atom. The van der Waals surface area contributed by atoms with Gasteiger partial charge in [-0.2, -0.15) is 0 Å². The van der Waals surface area contributed by atoms with Crippen LogP contribution < -0.4 is 34.0 Å². The molecule has 220 valence electrons. The van der Waals surface area contributed by atoms with Crippen LogP contribution in [0.15, 0.2) is 0 Å². The molecule has 0 rings (SSSR count). The van der Waals surface area contributed by atoms with E-state index < -0.39 is 0 Å². The van der Waals surface area contributed by atoms with Crippen LogP contribution in [-0.4, -0.2) is 92.4 Å². The molecule has 0 aliphatic heterocycles. The Kier molecular flexibility index (Phi) is 27.6. The summed E-state index contributed by atoms with van der Waals surface area (Å²) in [4.78, 5) is 4.80. The second-order valence-electron chi connectivity index (χ2n) is 11.4. The molecule has 0 aliphatic carbocycles. The summed E-state index contributed by atoms with van der Waals surface area (Å²) in [7, 11) is 0. The maximum Gasteiger partial charge on any atom is 0.0139 e. The zero-order valence-corrected chi connectivity index (χ0v) is 25.2. The molecule has 8 heteroatoms. The van der Waals surface area contributed by atoms with Crippen molar-refractivity contribution >= 4 is 0 Å². The summed E-state index contributed by atoms with van der Waals surface area (Å²) in [5, 5.41) is 3.37. The lowest BCUT2D eigenvalue weighted by molar-refractivity contribution is 0.244. The molecular formula is C28H68N8. The largest absolute Gasteiger partial charge is 0.327 e. The third-order valence-electron chi connectivity index (χ3n) is 5.81. The first-order valence-electron chi connectivity index (χ1n) is 14.9. The van der Waals surface area contributed by atoms with Gasteiger partial charge in [0.15, 0.2) is 0 Å². The third-order valence-corrected chi connectivity index (χ3v) is 5.81. The van der Waals surface area contributed by atoms with Crippen molar-refractivity contribution in [1.82, 2.24) is 15.1 Å². The lowest BCUT2D eigenvalue weighted by atomic mass is 10.1. The molecule has 0 amide bonds. The van der Waals surface area contributed by atoms with Gasteiger partial charge in [-0.05, 0) is 73.5 Å². The van der Waals surface area contributed by atoms with Crippen LogP contribution in [0.2, 0.25) is 0 Å². The van der Waals surface area contributed by atoms with Gasteiger partial charge in [0.1, 0.15) is 0 Å². The van der Waals surface area contributed by atoms with Crippen LogP contribution >= 0.6 is 0 Å². The van der Waals surface area contributed by atoms with Gasteiger partial charge < -0.3 is 43.8 Å². The van der Waals surface area contributed by atoms with Crippen LogP contribution in [0, 0.1) is 0 Å². The number of nitrogens with two attached hydrogens (primary N) is 5. The quantitative estimate of drug-likeness (QED) is 0.113. The van der Waals surface area contributed by atoms with Gasteiger partial charge in [0, 0.05) is 62.9 Å². The molecule has 0 bridgehead atoms. The fourth-order valence-electron chi connectivity index (χ4n) is 4.35. The van der Waals surface area contributed by atoms with Gasteiger partial charge in [0.2, 0.25) is 0 Å². The van der Waals surface area contributed by atoms with Gasteiger partial charge in [0.25, 0.3) is 0 Å². The topological polar surface area (TPSA) is 149 Å². The molecule has 0 radical (unpaired) electrons. The van der Waals surface area contributed by atoms with Crippen molar-refractivity contribution in [2.75, 3.05) is 52.4 Å². The Hall–Kier alpha value is -0.320. The molecule has 8 nitrogen and oxygen atoms in total. The van der Waals surface area contributed by atoms with Gasteiger partial charge in [-0.15, -0.1) is 0 Å². The van der Waals surface area contributed by atoms with Crippen LogP contribution in [0.4, 0.5) is 0 Å². The van der Waals surface area contributed by atoms with Crippen molar-refractivity contribution in [2.24, 2.45) is 28.7 Å². The summed E-state index contributed by atoms with van der Waals surface area (Å²) < 4.78 is 0. The predicted molar refractivity (Wildman–Crippen MR) is 161 cm³/mol. The van der Waals surface area contributed by atoms with E-state index in [-0.39, 0.29) is 30.2 Å². The minimum absolute atomic E-state index is 0.219. The number of rotatable bonds is 23. The number of nitrogens with one attached hydrogen (secondary N) is 1. The van der Waals surface area contributed by atoms with Crippen molar-refractivity contribution < 1.29 is 0 Å². The second-order valence-corrected chi connectivity index (χ2v) is 11.4. The fourth-order valence-corrected chi connectivity index (χ4v) is 4.35. The molecule has 0 fully saturated rings. The van der Waals surface area contributed by atoms with Crippen LogP contribution in [-0.2, 0) is 0 Å². The van der Waals surface area contributed by atoms with E-state index >= 15 is 0 Å². The van der Waals surface area contributed by atoms with E-state index in [4.69, 9.17) is 28.7 Å². The molecule has 0 aromatic rings. The van der Waals surface area contributed by atoms with E-state index in [0.29, 0.717) is 0 Å². The fraction of sp³-hybridized carbons (Fsp3) is 1.00. The zero-order chi connectivity index (χ0) is 27.8. The van der Waals surface area contributed by atoms with Gasteiger partial charge in [-0.3, -0.25) is 0 Å². The number of unbranched alkanes of at least 4 members (excludes halogenated alkanes) is 7. The Morgan fingerprint density at radius 2 is 0.861 bits per heavy atom. The SMILES string of the molecule is CC(N)CNCCCCCCN(CC(C)N)CC(C)N.CCCCCCCN(CC(C)N)CC(C)N. The average molecular weight is 517 g/mol. The maximum atomic E-state index is 5.88. The molecular weight excluding hydrogens is 448 g/mol. The lowest BCUT2D eigenvalue weighted by Crippen LogP contribution is -2.42. The Balaban J connectivity index is 0. The van der Waals surface area contributed by atoms with Crippen LogP contribution in [0.25, 0.3) is 0 Å². The normalized spacial score (nSPS) is 15.9. The van der Waals surface area contributed by atoms with Crippen molar-refractivity contribution in [2.45, 2.75) is 130 Å². The minimum atomic E-state index is 0.219. The highest BCUT2D eigenvalue weighted by molar-refractivity contribution is 4.70. The number of hydrogen-bond donors (Lipinski definition) is 6. The van der Waals surface area contributed by atoms with E-state index in [9.17, 15) is 0 Å². The van der Waals surface area contributed by atoms with Crippen molar-refractivity contribution in [3.8, 4) is 0 Å². The van der Waals surface area contributed by atoms with E-state index in [1.807, 2.05) is 6.92 Å². The van der Waals surface area contributed by atoms with E-state index in [2.05, 4.69) is 49.7 Å². The first-order chi connectivity index (χ1) is 17.0. The molecule has 5 unspecified atom stereocenters.